The van der Waals surface area contributed by atoms with E-state index in [0.717, 1.165) is 4.47 Å². The molecule has 2 rings (SSSR count). The molecule has 1 aromatic carbocycles. The highest BCUT2D eigenvalue weighted by atomic mass is 79.9. The lowest BCUT2D eigenvalue weighted by Gasteiger charge is -2.11. The zero-order valence-electron chi connectivity index (χ0n) is 9.90. The van der Waals surface area contributed by atoms with E-state index < -0.39 is 0 Å². The zero-order valence-corrected chi connectivity index (χ0v) is 12.3. The number of ether oxygens (including phenoxy) is 2. The number of ketones is 1. The Bertz CT molecular complexity index is 555. The molecule has 18 heavy (non-hydrogen) atoms. The third kappa shape index (κ3) is 2.28. The summed E-state index contributed by atoms with van der Waals surface area (Å²) in [5.41, 5.74) is 0.450. The monoisotopic (exact) mass is 326 g/mol. The summed E-state index contributed by atoms with van der Waals surface area (Å²) in [4.78, 5) is 13.1. The number of carbonyl (C=O) groups is 1. The van der Waals surface area contributed by atoms with Gasteiger partial charge in [0.2, 0.25) is 5.78 Å². The largest absolute Gasteiger partial charge is 0.496 e. The van der Waals surface area contributed by atoms with Crippen molar-refractivity contribution in [2.45, 2.75) is 0 Å². The number of benzene rings is 1. The van der Waals surface area contributed by atoms with Crippen molar-refractivity contribution < 1.29 is 14.3 Å². The summed E-state index contributed by atoms with van der Waals surface area (Å²) in [5.74, 6) is 0.922. The smallest absolute Gasteiger partial charge is 0.211 e. The van der Waals surface area contributed by atoms with Gasteiger partial charge in [0.15, 0.2) is 0 Å². The molecule has 0 N–H and O–H groups in total. The third-order valence-electron chi connectivity index (χ3n) is 2.48. The second kappa shape index (κ2) is 5.54. The van der Waals surface area contributed by atoms with Crippen LogP contribution in [0.4, 0.5) is 0 Å². The number of methoxy groups -OCH3 is 2. The van der Waals surface area contributed by atoms with E-state index in [2.05, 4.69) is 15.9 Å². The summed E-state index contributed by atoms with van der Waals surface area (Å²) in [7, 11) is 3.07. The van der Waals surface area contributed by atoms with Crippen LogP contribution in [-0.2, 0) is 0 Å². The fourth-order valence-corrected chi connectivity index (χ4v) is 3.14. The molecule has 0 saturated carbocycles. The fraction of sp³-hybridized carbons (Fsp3) is 0.154. The Morgan fingerprint density at radius 1 is 1.17 bits per heavy atom. The predicted molar refractivity (Wildman–Crippen MR) is 75.0 cm³/mol. The molecule has 0 atom stereocenters. The van der Waals surface area contributed by atoms with E-state index in [4.69, 9.17) is 9.47 Å². The number of carbonyl (C=O) groups excluding carboxylic acids is 1. The van der Waals surface area contributed by atoms with Gasteiger partial charge in [0.1, 0.15) is 17.1 Å². The first-order valence-electron chi connectivity index (χ1n) is 5.17. The van der Waals surface area contributed by atoms with E-state index in [1.165, 1.54) is 25.6 Å². The quantitative estimate of drug-likeness (QED) is 0.802. The first-order chi connectivity index (χ1) is 8.69. The van der Waals surface area contributed by atoms with Crippen molar-refractivity contribution in [3.8, 4) is 11.5 Å². The molecule has 0 spiro atoms. The number of hydrogen-bond donors (Lipinski definition) is 0. The van der Waals surface area contributed by atoms with Crippen molar-refractivity contribution in [1.82, 2.24) is 0 Å². The summed E-state index contributed by atoms with van der Waals surface area (Å²) in [6, 6.07) is 7.13. The van der Waals surface area contributed by atoms with Crippen LogP contribution >= 0.6 is 27.3 Å². The SMILES string of the molecule is COc1cccc(OC)c1C(=O)c1sccc1Br. The molecular weight excluding hydrogens is 316 g/mol. The van der Waals surface area contributed by atoms with E-state index >= 15 is 0 Å². The molecule has 3 nitrogen and oxygen atoms in total. The van der Waals surface area contributed by atoms with Crippen LogP contribution in [0.5, 0.6) is 11.5 Å². The maximum Gasteiger partial charge on any atom is 0.211 e. The highest BCUT2D eigenvalue weighted by molar-refractivity contribution is 9.10. The van der Waals surface area contributed by atoms with E-state index in [1.54, 1.807) is 18.2 Å². The van der Waals surface area contributed by atoms with Crippen LogP contribution in [-0.4, -0.2) is 20.0 Å². The Labute approximate surface area is 117 Å². The Balaban J connectivity index is 2.56. The van der Waals surface area contributed by atoms with Crippen LogP contribution in [0.3, 0.4) is 0 Å². The van der Waals surface area contributed by atoms with Crippen LogP contribution in [0.15, 0.2) is 34.1 Å². The second-order valence-corrected chi connectivity index (χ2v) is 5.23. The molecule has 0 amide bonds. The number of halogens is 1. The molecule has 5 heteroatoms. The molecule has 0 unspecified atom stereocenters. The zero-order chi connectivity index (χ0) is 13.1. The topological polar surface area (TPSA) is 35.5 Å². The molecule has 0 saturated heterocycles. The number of hydrogen-bond acceptors (Lipinski definition) is 4. The summed E-state index contributed by atoms with van der Waals surface area (Å²) in [5, 5.41) is 1.86. The molecule has 0 fully saturated rings. The summed E-state index contributed by atoms with van der Waals surface area (Å²) < 4.78 is 11.3. The standard InChI is InChI=1S/C13H11BrO3S/c1-16-9-4-3-5-10(17-2)11(9)12(15)13-8(14)6-7-18-13/h3-7H,1-2H3. The lowest BCUT2D eigenvalue weighted by atomic mass is 10.1. The van der Waals surface area contributed by atoms with Crippen molar-refractivity contribution in [3.05, 3.63) is 44.6 Å². The van der Waals surface area contributed by atoms with E-state index in [0.29, 0.717) is 21.9 Å². The highest BCUT2D eigenvalue weighted by Gasteiger charge is 2.22. The van der Waals surface area contributed by atoms with Crippen molar-refractivity contribution in [3.63, 3.8) is 0 Å². The molecule has 2 aromatic rings. The van der Waals surface area contributed by atoms with Gasteiger partial charge < -0.3 is 9.47 Å². The van der Waals surface area contributed by atoms with Gasteiger partial charge in [0, 0.05) is 4.47 Å². The fourth-order valence-electron chi connectivity index (χ4n) is 1.64. The highest BCUT2D eigenvalue weighted by Crippen LogP contribution is 2.34. The van der Waals surface area contributed by atoms with Gasteiger partial charge in [0.05, 0.1) is 19.1 Å². The minimum Gasteiger partial charge on any atom is -0.496 e. The Kier molecular flexibility index (Phi) is 4.04. The molecule has 0 radical (unpaired) electrons. The molecular formula is C13H11BrO3S. The molecule has 0 aliphatic carbocycles. The number of rotatable bonds is 4. The molecule has 0 bridgehead atoms. The van der Waals surface area contributed by atoms with Gasteiger partial charge in [-0.25, -0.2) is 0 Å². The Morgan fingerprint density at radius 3 is 2.22 bits per heavy atom. The maximum atomic E-state index is 12.5. The minimum absolute atomic E-state index is 0.105. The average Bonchev–Trinajstić information content (AvgIpc) is 2.83. The lowest BCUT2D eigenvalue weighted by Crippen LogP contribution is -2.05. The van der Waals surface area contributed by atoms with Gasteiger partial charge in [-0.1, -0.05) is 6.07 Å². The van der Waals surface area contributed by atoms with Crippen LogP contribution in [0, 0.1) is 0 Å². The van der Waals surface area contributed by atoms with E-state index in [-0.39, 0.29) is 5.78 Å². The van der Waals surface area contributed by atoms with Crippen LogP contribution in [0.2, 0.25) is 0 Å². The molecule has 0 aliphatic heterocycles. The normalized spacial score (nSPS) is 10.2. The maximum absolute atomic E-state index is 12.5. The van der Waals surface area contributed by atoms with E-state index in [1.807, 2.05) is 11.4 Å². The van der Waals surface area contributed by atoms with Crippen LogP contribution in [0.25, 0.3) is 0 Å². The summed E-state index contributed by atoms with van der Waals surface area (Å²) >= 11 is 4.75. The van der Waals surface area contributed by atoms with E-state index in [9.17, 15) is 4.79 Å². The minimum atomic E-state index is -0.105. The Hall–Kier alpha value is -1.33. The van der Waals surface area contributed by atoms with Crippen molar-refractivity contribution >= 4 is 33.0 Å². The van der Waals surface area contributed by atoms with Gasteiger partial charge in [-0.3, -0.25) is 4.79 Å². The van der Waals surface area contributed by atoms with Crippen LogP contribution < -0.4 is 9.47 Å². The first kappa shape index (κ1) is 13.1. The first-order valence-corrected chi connectivity index (χ1v) is 6.85. The molecule has 94 valence electrons. The molecule has 1 heterocycles. The van der Waals surface area contributed by atoms with Crippen molar-refractivity contribution in [2.24, 2.45) is 0 Å². The van der Waals surface area contributed by atoms with Gasteiger partial charge in [-0.15, -0.1) is 11.3 Å². The van der Waals surface area contributed by atoms with Gasteiger partial charge in [-0.2, -0.15) is 0 Å². The van der Waals surface area contributed by atoms with Gasteiger partial charge in [-0.05, 0) is 39.5 Å². The van der Waals surface area contributed by atoms with Crippen LogP contribution in [0.1, 0.15) is 15.2 Å². The summed E-state index contributed by atoms with van der Waals surface area (Å²) in [6.45, 7) is 0. The lowest BCUT2D eigenvalue weighted by molar-refractivity contribution is 0.103. The molecule has 1 aromatic heterocycles. The average molecular weight is 327 g/mol. The molecule has 0 aliphatic rings. The van der Waals surface area contributed by atoms with Crippen molar-refractivity contribution in [1.29, 1.82) is 0 Å². The second-order valence-electron chi connectivity index (χ2n) is 3.46. The van der Waals surface area contributed by atoms with Crippen molar-refractivity contribution in [2.75, 3.05) is 14.2 Å². The van der Waals surface area contributed by atoms with Gasteiger partial charge >= 0.3 is 0 Å². The number of thiophene rings is 1. The third-order valence-corrected chi connectivity index (χ3v) is 4.31. The Morgan fingerprint density at radius 2 is 1.78 bits per heavy atom. The predicted octanol–water partition coefficient (Wildman–Crippen LogP) is 3.76. The summed E-state index contributed by atoms with van der Waals surface area (Å²) in [6.07, 6.45) is 0. The van der Waals surface area contributed by atoms with Gasteiger partial charge in [0.25, 0.3) is 0 Å².